The molecule has 2 unspecified atom stereocenters. The number of nitrogens with one attached hydrogen (secondary N) is 1. The Hall–Kier alpha value is -0.0400. The average Bonchev–Trinajstić information content (AvgIpc) is 2.31. The van der Waals surface area contributed by atoms with E-state index in [0.29, 0.717) is 6.04 Å². The van der Waals surface area contributed by atoms with Crippen LogP contribution in [0.25, 0.3) is 0 Å². The van der Waals surface area contributed by atoms with Crippen molar-refractivity contribution in [3.8, 4) is 0 Å². The molecule has 1 aliphatic rings. The second-order valence-corrected chi connectivity index (χ2v) is 4.23. The minimum absolute atomic E-state index is 0.655. The first-order valence-electron chi connectivity index (χ1n) is 4.93. The van der Waals surface area contributed by atoms with Gasteiger partial charge in [0, 0.05) is 6.04 Å². The van der Waals surface area contributed by atoms with Gasteiger partial charge in [-0.1, -0.05) is 33.6 Å². The van der Waals surface area contributed by atoms with E-state index in [2.05, 4.69) is 26.1 Å². The molecule has 11 heavy (non-hydrogen) atoms. The van der Waals surface area contributed by atoms with Crippen LogP contribution in [0.15, 0.2) is 0 Å². The van der Waals surface area contributed by atoms with Crippen molar-refractivity contribution in [1.29, 1.82) is 0 Å². The maximum absolute atomic E-state index is 3.52. The van der Waals surface area contributed by atoms with E-state index in [9.17, 15) is 0 Å². The van der Waals surface area contributed by atoms with Gasteiger partial charge in [-0.15, -0.1) is 0 Å². The number of rotatable bonds is 3. The van der Waals surface area contributed by atoms with Crippen molar-refractivity contribution >= 4 is 0 Å². The van der Waals surface area contributed by atoms with Gasteiger partial charge in [0.2, 0.25) is 0 Å². The fraction of sp³-hybridized carbons (Fsp3) is 1.00. The molecule has 0 bridgehead atoms. The Morgan fingerprint density at radius 1 is 1.36 bits per heavy atom. The SMILES string of the molecule is CC(C)NCC1CCCC1C. The molecule has 0 aromatic rings. The highest BCUT2D eigenvalue weighted by Crippen LogP contribution is 2.30. The van der Waals surface area contributed by atoms with Crippen molar-refractivity contribution in [2.24, 2.45) is 11.8 Å². The van der Waals surface area contributed by atoms with E-state index in [1.165, 1.54) is 25.8 Å². The largest absolute Gasteiger partial charge is 0.314 e. The van der Waals surface area contributed by atoms with E-state index >= 15 is 0 Å². The second-order valence-electron chi connectivity index (χ2n) is 4.23. The Bertz CT molecular complexity index is 109. The molecular weight excluding hydrogens is 134 g/mol. The van der Waals surface area contributed by atoms with Crippen molar-refractivity contribution in [3.05, 3.63) is 0 Å². The molecule has 0 aromatic heterocycles. The summed E-state index contributed by atoms with van der Waals surface area (Å²) in [7, 11) is 0. The van der Waals surface area contributed by atoms with Gasteiger partial charge < -0.3 is 5.32 Å². The van der Waals surface area contributed by atoms with Gasteiger partial charge in [-0.25, -0.2) is 0 Å². The highest BCUT2D eigenvalue weighted by molar-refractivity contribution is 4.76. The number of hydrogen-bond acceptors (Lipinski definition) is 1. The van der Waals surface area contributed by atoms with Gasteiger partial charge in [0.15, 0.2) is 0 Å². The summed E-state index contributed by atoms with van der Waals surface area (Å²) in [6.45, 7) is 8.07. The molecule has 0 heterocycles. The van der Waals surface area contributed by atoms with E-state index in [1.807, 2.05) is 0 Å². The molecule has 1 fully saturated rings. The van der Waals surface area contributed by atoms with E-state index in [4.69, 9.17) is 0 Å². The second kappa shape index (κ2) is 4.10. The summed E-state index contributed by atoms with van der Waals surface area (Å²) in [4.78, 5) is 0. The third-order valence-corrected chi connectivity index (χ3v) is 2.83. The summed E-state index contributed by atoms with van der Waals surface area (Å²) in [6.07, 6.45) is 4.34. The first-order valence-corrected chi connectivity index (χ1v) is 4.93. The molecule has 0 radical (unpaired) electrons. The Morgan fingerprint density at radius 2 is 2.09 bits per heavy atom. The number of hydrogen-bond donors (Lipinski definition) is 1. The van der Waals surface area contributed by atoms with E-state index in [1.54, 1.807) is 0 Å². The highest BCUT2D eigenvalue weighted by atomic mass is 14.9. The molecule has 1 aliphatic carbocycles. The highest BCUT2D eigenvalue weighted by Gasteiger charge is 2.22. The van der Waals surface area contributed by atoms with Crippen molar-refractivity contribution < 1.29 is 0 Å². The molecule has 1 heteroatoms. The summed E-state index contributed by atoms with van der Waals surface area (Å²) in [5.41, 5.74) is 0. The van der Waals surface area contributed by atoms with Crippen LogP contribution in [-0.4, -0.2) is 12.6 Å². The molecule has 1 saturated carbocycles. The zero-order valence-corrected chi connectivity index (χ0v) is 8.06. The van der Waals surface area contributed by atoms with Gasteiger partial charge >= 0.3 is 0 Å². The van der Waals surface area contributed by atoms with Crippen LogP contribution in [0.3, 0.4) is 0 Å². The van der Waals surface area contributed by atoms with E-state index in [-0.39, 0.29) is 0 Å². The van der Waals surface area contributed by atoms with Crippen LogP contribution in [0.2, 0.25) is 0 Å². The fourth-order valence-corrected chi connectivity index (χ4v) is 1.91. The predicted octanol–water partition coefficient (Wildman–Crippen LogP) is 2.42. The molecule has 1 rings (SSSR count). The Balaban J connectivity index is 2.15. The maximum atomic E-state index is 3.52. The normalized spacial score (nSPS) is 31.6. The van der Waals surface area contributed by atoms with Crippen molar-refractivity contribution in [2.75, 3.05) is 6.54 Å². The molecule has 0 amide bonds. The monoisotopic (exact) mass is 155 g/mol. The molecule has 0 spiro atoms. The van der Waals surface area contributed by atoms with Crippen molar-refractivity contribution in [3.63, 3.8) is 0 Å². The zero-order valence-electron chi connectivity index (χ0n) is 8.06. The van der Waals surface area contributed by atoms with Gasteiger partial charge in [0.25, 0.3) is 0 Å². The van der Waals surface area contributed by atoms with Crippen LogP contribution in [0, 0.1) is 11.8 Å². The molecular formula is C10H21N. The molecule has 0 aliphatic heterocycles. The van der Waals surface area contributed by atoms with Crippen molar-refractivity contribution in [1.82, 2.24) is 5.32 Å². The Kier molecular flexibility index (Phi) is 3.38. The maximum Gasteiger partial charge on any atom is 0.00104 e. The summed E-state index contributed by atoms with van der Waals surface area (Å²) in [6, 6.07) is 0.655. The predicted molar refractivity (Wildman–Crippen MR) is 49.6 cm³/mol. The van der Waals surface area contributed by atoms with Crippen LogP contribution in [-0.2, 0) is 0 Å². The summed E-state index contributed by atoms with van der Waals surface area (Å²) < 4.78 is 0. The lowest BCUT2D eigenvalue weighted by atomic mass is 9.98. The lowest BCUT2D eigenvalue weighted by molar-refractivity contribution is 0.378. The first kappa shape index (κ1) is 9.05. The van der Waals surface area contributed by atoms with Crippen LogP contribution in [0.1, 0.15) is 40.0 Å². The third kappa shape index (κ3) is 2.82. The zero-order chi connectivity index (χ0) is 8.27. The van der Waals surface area contributed by atoms with Crippen LogP contribution in [0.5, 0.6) is 0 Å². The van der Waals surface area contributed by atoms with Gasteiger partial charge in [0.05, 0.1) is 0 Å². The minimum atomic E-state index is 0.655. The van der Waals surface area contributed by atoms with Crippen molar-refractivity contribution in [2.45, 2.75) is 46.1 Å². The smallest absolute Gasteiger partial charge is 0.00104 e. The van der Waals surface area contributed by atoms with Gasteiger partial charge in [-0.05, 0) is 24.8 Å². The fourth-order valence-electron chi connectivity index (χ4n) is 1.91. The molecule has 0 saturated heterocycles. The first-order chi connectivity index (χ1) is 5.20. The van der Waals surface area contributed by atoms with E-state index in [0.717, 1.165) is 11.8 Å². The molecule has 0 aromatic carbocycles. The molecule has 2 atom stereocenters. The minimum Gasteiger partial charge on any atom is -0.314 e. The van der Waals surface area contributed by atoms with Gasteiger partial charge in [-0.3, -0.25) is 0 Å². The van der Waals surface area contributed by atoms with Crippen LogP contribution in [0.4, 0.5) is 0 Å². The standard InChI is InChI=1S/C10H21N/c1-8(2)11-7-10-6-4-5-9(10)3/h8-11H,4-7H2,1-3H3. The summed E-state index contributed by atoms with van der Waals surface area (Å²) in [5.74, 6) is 1.92. The van der Waals surface area contributed by atoms with E-state index < -0.39 is 0 Å². The topological polar surface area (TPSA) is 12.0 Å². The van der Waals surface area contributed by atoms with Gasteiger partial charge in [-0.2, -0.15) is 0 Å². The summed E-state index contributed by atoms with van der Waals surface area (Å²) >= 11 is 0. The quantitative estimate of drug-likeness (QED) is 0.660. The molecule has 1 N–H and O–H groups in total. The average molecular weight is 155 g/mol. The lowest BCUT2D eigenvalue weighted by Crippen LogP contribution is -2.29. The lowest BCUT2D eigenvalue weighted by Gasteiger charge is -2.17. The van der Waals surface area contributed by atoms with Crippen LogP contribution < -0.4 is 5.32 Å². The Labute approximate surface area is 70.6 Å². The Morgan fingerprint density at radius 3 is 2.55 bits per heavy atom. The molecule has 66 valence electrons. The summed E-state index contributed by atoms with van der Waals surface area (Å²) in [5, 5.41) is 3.52. The van der Waals surface area contributed by atoms with Crippen LogP contribution >= 0.6 is 0 Å². The molecule has 1 nitrogen and oxygen atoms in total. The third-order valence-electron chi connectivity index (χ3n) is 2.83. The van der Waals surface area contributed by atoms with Gasteiger partial charge in [0.1, 0.15) is 0 Å².